The van der Waals surface area contributed by atoms with Crippen molar-refractivity contribution in [2.45, 2.75) is 19.3 Å². The van der Waals surface area contributed by atoms with Crippen molar-refractivity contribution in [2.75, 3.05) is 6.61 Å². The highest BCUT2D eigenvalue weighted by molar-refractivity contribution is 5.01. The molecule has 0 fully saturated rings. The molecule has 0 bridgehead atoms. The van der Waals surface area contributed by atoms with Crippen molar-refractivity contribution in [3.63, 3.8) is 0 Å². The molecule has 0 atom stereocenters. The van der Waals surface area contributed by atoms with Crippen LogP contribution in [0.3, 0.4) is 0 Å². The van der Waals surface area contributed by atoms with E-state index in [9.17, 15) is 0 Å². The molecule has 0 aliphatic rings. The normalized spacial score (nSPS) is 10.1. The molecule has 0 saturated heterocycles. The summed E-state index contributed by atoms with van der Waals surface area (Å²) in [6.45, 7) is 0.290. The molecule has 0 radical (unpaired) electrons. The van der Waals surface area contributed by atoms with E-state index in [1.165, 1.54) is 5.56 Å². The molecule has 2 N–H and O–H groups in total. The molecular formula is C7H12N2O. The van der Waals surface area contributed by atoms with Crippen LogP contribution in [-0.2, 0) is 6.42 Å². The van der Waals surface area contributed by atoms with Gasteiger partial charge in [-0.25, -0.2) is 0 Å². The van der Waals surface area contributed by atoms with Crippen LogP contribution in [0.15, 0.2) is 12.4 Å². The van der Waals surface area contributed by atoms with Gasteiger partial charge in [-0.15, -0.1) is 0 Å². The van der Waals surface area contributed by atoms with Crippen LogP contribution in [-0.4, -0.2) is 21.9 Å². The molecule has 0 spiro atoms. The van der Waals surface area contributed by atoms with Crippen LogP contribution in [0.2, 0.25) is 0 Å². The highest BCUT2D eigenvalue weighted by atomic mass is 16.2. The number of aliphatic hydroxyl groups excluding tert-OH is 1. The third kappa shape index (κ3) is 2.19. The zero-order valence-electron chi connectivity index (χ0n) is 5.88. The monoisotopic (exact) mass is 140 g/mol. The van der Waals surface area contributed by atoms with Crippen LogP contribution in [0.25, 0.3) is 0 Å². The average molecular weight is 140 g/mol. The summed E-state index contributed by atoms with van der Waals surface area (Å²) in [6, 6.07) is 0. The number of aromatic amines is 1. The summed E-state index contributed by atoms with van der Waals surface area (Å²) >= 11 is 0. The van der Waals surface area contributed by atoms with Gasteiger partial charge in [-0.05, 0) is 24.8 Å². The lowest BCUT2D eigenvalue weighted by Gasteiger charge is -1.92. The molecule has 0 unspecified atom stereocenters. The Bertz CT molecular complexity index is 160. The number of nitrogens with one attached hydrogen (secondary N) is 1. The molecule has 0 aromatic carbocycles. The molecule has 0 aliphatic heterocycles. The van der Waals surface area contributed by atoms with E-state index >= 15 is 0 Å². The lowest BCUT2D eigenvalue weighted by molar-refractivity contribution is 0.284. The number of aryl methyl sites for hydroxylation is 1. The molecule has 10 heavy (non-hydrogen) atoms. The van der Waals surface area contributed by atoms with E-state index in [1.807, 2.05) is 12.4 Å². The van der Waals surface area contributed by atoms with E-state index < -0.39 is 0 Å². The largest absolute Gasteiger partial charge is 0.396 e. The molecule has 3 heteroatoms. The quantitative estimate of drug-likeness (QED) is 0.605. The van der Waals surface area contributed by atoms with Gasteiger partial charge >= 0.3 is 0 Å². The molecule has 1 aromatic rings. The maximum absolute atomic E-state index is 8.47. The smallest absolute Gasteiger partial charge is 0.0519 e. The Hall–Kier alpha value is -0.830. The minimum absolute atomic E-state index is 0.290. The first-order chi connectivity index (χ1) is 4.93. The minimum atomic E-state index is 0.290. The summed E-state index contributed by atoms with van der Waals surface area (Å²) in [5.41, 5.74) is 1.22. The Balaban J connectivity index is 2.15. The van der Waals surface area contributed by atoms with Crippen LogP contribution in [0.5, 0.6) is 0 Å². The first-order valence-corrected chi connectivity index (χ1v) is 3.52. The second kappa shape index (κ2) is 4.06. The number of unbranched alkanes of at least 4 members (excludes halogenated alkanes) is 1. The fourth-order valence-electron chi connectivity index (χ4n) is 0.855. The zero-order valence-corrected chi connectivity index (χ0v) is 5.88. The van der Waals surface area contributed by atoms with Gasteiger partial charge in [0.2, 0.25) is 0 Å². The van der Waals surface area contributed by atoms with Crippen molar-refractivity contribution in [3.8, 4) is 0 Å². The number of aliphatic hydroxyl groups is 1. The molecular weight excluding hydrogens is 128 g/mol. The fourth-order valence-corrected chi connectivity index (χ4v) is 0.855. The van der Waals surface area contributed by atoms with Crippen LogP contribution in [0, 0.1) is 0 Å². The second-order valence-electron chi connectivity index (χ2n) is 2.29. The van der Waals surface area contributed by atoms with Gasteiger partial charge in [0.15, 0.2) is 0 Å². The zero-order chi connectivity index (χ0) is 7.23. The second-order valence-corrected chi connectivity index (χ2v) is 2.29. The van der Waals surface area contributed by atoms with Crippen LogP contribution >= 0.6 is 0 Å². The Labute approximate surface area is 60.1 Å². The number of hydrogen-bond acceptors (Lipinski definition) is 2. The van der Waals surface area contributed by atoms with Gasteiger partial charge in [0.05, 0.1) is 6.20 Å². The molecule has 3 nitrogen and oxygen atoms in total. The van der Waals surface area contributed by atoms with Crippen molar-refractivity contribution < 1.29 is 5.11 Å². The minimum Gasteiger partial charge on any atom is -0.396 e. The summed E-state index contributed by atoms with van der Waals surface area (Å²) in [5.74, 6) is 0. The Kier molecular flexibility index (Phi) is 2.96. The highest BCUT2D eigenvalue weighted by Crippen LogP contribution is 2.00. The number of aromatic nitrogens is 2. The third-order valence-electron chi connectivity index (χ3n) is 1.43. The van der Waals surface area contributed by atoms with E-state index in [-0.39, 0.29) is 6.61 Å². The maximum atomic E-state index is 8.47. The van der Waals surface area contributed by atoms with E-state index in [4.69, 9.17) is 5.11 Å². The SMILES string of the molecule is OCCCCc1cn[nH]c1. The molecule has 56 valence electrons. The lowest BCUT2D eigenvalue weighted by Crippen LogP contribution is -1.86. The van der Waals surface area contributed by atoms with Gasteiger partial charge in [-0.2, -0.15) is 5.10 Å². The number of nitrogens with zero attached hydrogens (tertiary/aromatic N) is 1. The number of rotatable bonds is 4. The predicted octanol–water partition coefficient (Wildman–Crippen LogP) is 0.725. The molecule has 1 heterocycles. The van der Waals surface area contributed by atoms with Crippen molar-refractivity contribution in [1.82, 2.24) is 10.2 Å². The van der Waals surface area contributed by atoms with Gasteiger partial charge in [0.1, 0.15) is 0 Å². The van der Waals surface area contributed by atoms with Gasteiger partial charge < -0.3 is 5.11 Å². The van der Waals surface area contributed by atoms with E-state index in [1.54, 1.807) is 0 Å². The maximum Gasteiger partial charge on any atom is 0.0519 e. The number of H-pyrrole nitrogens is 1. The van der Waals surface area contributed by atoms with Gasteiger partial charge in [-0.1, -0.05) is 0 Å². The Morgan fingerprint density at radius 1 is 1.50 bits per heavy atom. The fraction of sp³-hybridized carbons (Fsp3) is 0.571. The summed E-state index contributed by atoms with van der Waals surface area (Å²) in [7, 11) is 0. The van der Waals surface area contributed by atoms with Crippen LogP contribution < -0.4 is 0 Å². The number of hydrogen-bond donors (Lipinski definition) is 2. The Morgan fingerprint density at radius 2 is 2.40 bits per heavy atom. The van der Waals surface area contributed by atoms with Crippen LogP contribution in [0.4, 0.5) is 0 Å². The first-order valence-electron chi connectivity index (χ1n) is 3.52. The van der Waals surface area contributed by atoms with Crippen LogP contribution in [0.1, 0.15) is 18.4 Å². The summed E-state index contributed by atoms with van der Waals surface area (Å²) < 4.78 is 0. The van der Waals surface area contributed by atoms with Crippen molar-refractivity contribution in [3.05, 3.63) is 18.0 Å². The van der Waals surface area contributed by atoms with Crippen molar-refractivity contribution in [2.24, 2.45) is 0 Å². The van der Waals surface area contributed by atoms with E-state index in [0.29, 0.717) is 0 Å². The third-order valence-corrected chi connectivity index (χ3v) is 1.43. The molecule has 0 saturated carbocycles. The highest BCUT2D eigenvalue weighted by Gasteiger charge is 1.91. The summed E-state index contributed by atoms with van der Waals surface area (Å²) in [5, 5.41) is 15.0. The van der Waals surface area contributed by atoms with Crippen molar-refractivity contribution >= 4 is 0 Å². The molecule has 0 aliphatic carbocycles. The van der Waals surface area contributed by atoms with Gasteiger partial charge in [0, 0.05) is 12.8 Å². The Morgan fingerprint density at radius 3 is 3.00 bits per heavy atom. The summed E-state index contributed by atoms with van der Waals surface area (Å²) in [4.78, 5) is 0. The molecule has 1 aromatic heterocycles. The van der Waals surface area contributed by atoms with Gasteiger partial charge in [-0.3, -0.25) is 5.10 Å². The summed E-state index contributed by atoms with van der Waals surface area (Å²) in [6.07, 6.45) is 6.63. The van der Waals surface area contributed by atoms with Gasteiger partial charge in [0.25, 0.3) is 0 Å². The molecule has 0 amide bonds. The lowest BCUT2D eigenvalue weighted by atomic mass is 10.2. The standard InChI is InChI=1S/C7H12N2O/c10-4-2-1-3-7-5-8-9-6-7/h5-6,10H,1-4H2,(H,8,9). The topological polar surface area (TPSA) is 48.9 Å². The predicted molar refractivity (Wildman–Crippen MR) is 38.6 cm³/mol. The van der Waals surface area contributed by atoms with E-state index in [2.05, 4.69) is 10.2 Å². The van der Waals surface area contributed by atoms with E-state index in [0.717, 1.165) is 19.3 Å². The average Bonchev–Trinajstić information content (AvgIpc) is 2.41. The first kappa shape index (κ1) is 7.28. The van der Waals surface area contributed by atoms with Crippen molar-refractivity contribution in [1.29, 1.82) is 0 Å². The molecule has 1 rings (SSSR count).